The molecule has 0 spiro atoms. The van der Waals surface area contributed by atoms with Gasteiger partial charge in [0.15, 0.2) is 5.76 Å². The van der Waals surface area contributed by atoms with Crippen molar-refractivity contribution < 1.29 is 14.0 Å². The van der Waals surface area contributed by atoms with E-state index in [4.69, 9.17) is 4.42 Å². The first-order valence-electron chi connectivity index (χ1n) is 9.62. The Bertz CT molecular complexity index is 1240. The second-order valence-electron chi connectivity index (χ2n) is 6.88. The fourth-order valence-electron chi connectivity index (χ4n) is 3.30. The Kier molecular flexibility index (Phi) is 5.45. The van der Waals surface area contributed by atoms with Crippen molar-refractivity contribution in [3.05, 3.63) is 101 Å². The summed E-state index contributed by atoms with van der Waals surface area (Å²) in [6.07, 6.45) is 1.40. The summed E-state index contributed by atoms with van der Waals surface area (Å²) in [6.45, 7) is 1.84. The van der Waals surface area contributed by atoms with Crippen LogP contribution in [0.1, 0.15) is 40.2 Å². The van der Waals surface area contributed by atoms with Gasteiger partial charge >= 0.3 is 0 Å². The highest BCUT2D eigenvalue weighted by atomic mass is 16.3. The average Bonchev–Trinajstić information content (AvgIpc) is 3.44. The van der Waals surface area contributed by atoms with Crippen molar-refractivity contribution in [2.75, 3.05) is 0 Å². The zero-order chi connectivity index (χ0) is 21.8. The lowest BCUT2D eigenvalue weighted by molar-refractivity contribution is -0.117. The Morgan fingerprint density at radius 1 is 1.00 bits per heavy atom. The molecule has 31 heavy (non-hydrogen) atoms. The monoisotopic (exact) mass is 410 g/mol. The van der Waals surface area contributed by atoms with Crippen LogP contribution < -0.4 is 10.6 Å². The number of nitrogens with one attached hydrogen (secondary N) is 2. The summed E-state index contributed by atoms with van der Waals surface area (Å²) < 4.78 is 5.12. The van der Waals surface area contributed by atoms with Crippen molar-refractivity contribution in [1.82, 2.24) is 10.6 Å². The maximum atomic E-state index is 12.9. The zero-order valence-corrected chi connectivity index (χ0v) is 16.6. The Hall–Kier alpha value is -4.44. The molecule has 0 aliphatic carbocycles. The summed E-state index contributed by atoms with van der Waals surface area (Å²) in [5, 5.41) is 15.3. The molecule has 1 aliphatic rings. The summed E-state index contributed by atoms with van der Waals surface area (Å²) in [5.74, 6) is -0.623. The number of hydrogen-bond donors (Lipinski definition) is 2. The summed E-state index contributed by atoms with van der Waals surface area (Å²) in [6, 6.07) is 21.4. The molecule has 0 saturated heterocycles. The van der Waals surface area contributed by atoms with Crippen LogP contribution in [0.5, 0.6) is 0 Å². The van der Waals surface area contributed by atoms with Crippen LogP contribution in [0, 0.1) is 11.3 Å². The molecule has 1 aliphatic heterocycles. The highest BCUT2D eigenvalue weighted by Crippen LogP contribution is 2.31. The van der Waals surface area contributed by atoms with Crippen molar-refractivity contribution in [3.63, 3.8) is 0 Å². The highest BCUT2D eigenvalue weighted by Gasteiger charge is 2.28. The molecule has 0 saturated carbocycles. The van der Waals surface area contributed by atoms with Gasteiger partial charge in [-0.3, -0.25) is 9.59 Å². The van der Waals surface area contributed by atoms with Crippen molar-refractivity contribution in [2.45, 2.75) is 13.0 Å². The SMILES string of the molecule is CC(NC(=O)/C(C#N)=C1\N=C(NC(=O)c2ccco2)c2ccccc21)c1ccccc1. The van der Waals surface area contributed by atoms with Crippen LogP contribution in [0.3, 0.4) is 0 Å². The third-order valence-corrected chi connectivity index (χ3v) is 4.86. The van der Waals surface area contributed by atoms with Gasteiger partial charge < -0.3 is 15.1 Å². The fourth-order valence-corrected chi connectivity index (χ4v) is 3.30. The van der Waals surface area contributed by atoms with Crippen molar-refractivity contribution in [3.8, 4) is 6.07 Å². The molecule has 4 rings (SSSR count). The van der Waals surface area contributed by atoms with Gasteiger partial charge in [-0.15, -0.1) is 0 Å². The summed E-state index contributed by atoms with van der Waals surface area (Å²) in [4.78, 5) is 29.7. The number of nitrogens with zero attached hydrogens (tertiary/aromatic N) is 2. The molecule has 7 nitrogen and oxygen atoms in total. The van der Waals surface area contributed by atoms with Gasteiger partial charge in [-0.2, -0.15) is 5.26 Å². The minimum absolute atomic E-state index is 0.127. The van der Waals surface area contributed by atoms with E-state index in [0.29, 0.717) is 11.1 Å². The maximum absolute atomic E-state index is 12.9. The topological polar surface area (TPSA) is 107 Å². The van der Waals surface area contributed by atoms with Crippen LogP contribution in [-0.4, -0.2) is 17.6 Å². The molecule has 0 fully saturated rings. The van der Waals surface area contributed by atoms with Gasteiger partial charge in [0.25, 0.3) is 11.8 Å². The number of amidine groups is 1. The van der Waals surface area contributed by atoms with E-state index in [1.54, 1.807) is 30.3 Å². The van der Waals surface area contributed by atoms with Crippen molar-refractivity contribution in [1.29, 1.82) is 5.26 Å². The van der Waals surface area contributed by atoms with Gasteiger partial charge in [0, 0.05) is 11.1 Å². The minimum atomic E-state index is -0.536. The molecular weight excluding hydrogens is 392 g/mol. The number of nitriles is 1. The minimum Gasteiger partial charge on any atom is -0.459 e. The van der Waals surface area contributed by atoms with E-state index in [2.05, 4.69) is 15.6 Å². The van der Waals surface area contributed by atoms with E-state index in [-0.39, 0.29) is 28.9 Å². The first kappa shape index (κ1) is 19.9. The summed E-state index contributed by atoms with van der Waals surface area (Å²) in [7, 11) is 0. The number of amides is 2. The Morgan fingerprint density at radius 2 is 1.71 bits per heavy atom. The van der Waals surface area contributed by atoms with Gasteiger partial charge in [0.2, 0.25) is 0 Å². The van der Waals surface area contributed by atoms with Crippen LogP contribution in [0.25, 0.3) is 5.70 Å². The van der Waals surface area contributed by atoms with Gasteiger partial charge in [-0.1, -0.05) is 54.6 Å². The number of aliphatic imine (C=N–C) groups is 1. The zero-order valence-electron chi connectivity index (χ0n) is 16.6. The summed E-state index contributed by atoms with van der Waals surface area (Å²) in [5.41, 5.74) is 2.22. The Labute approximate surface area is 178 Å². The standard InChI is InChI=1S/C24H18N4O3/c1-15(16-8-3-2-4-9-16)26-23(29)19(14-25)21-17-10-5-6-11-18(17)22(27-21)28-24(30)20-12-7-13-31-20/h2-13,15H,1H3,(H,26,29)(H,27,28,30)/b21-19-. The first-order valence-corrected chi connectivity index (χ1v) is 9.62. The molecule has 2 N–H and O–H groups in total. The fraction of sp³-hybridized carbons (Fsp3) is 0.0833. The second kappa shape index (κ2) is 8.51. The van der Waals surface area contributed by atoms with Gasteiger partial charge in [-0.25, -0.2) is 4.99 Å². The quantitative estimate of drug-likeness (QED) is 0.506. The number of rotatable bonds is 4. The second-order valence-corrected chi connectivity index (χ2v) is 6.88. The number of carbonyl (C=O) groups excluding carboxylic acids is 2. The van der Waals surface area contributed by atoms with Crippen LogP contribution in [0.2, 0.25) is 0 Å². The van der Waals surface area contributed by atoms with Crippen LogP contribution in [-0.2, 0) is 4.79 Å². The first-order chi connectivity index (χ1) is 15.1. The number of hydrogen-bond acceptors (Lipinski definition) is 5. The largest absolute Gasteiger partial charge is 0.459 e. The summed E-state index contributed by atoms with van der Waals surface area (Å²) >= 11 is 0. The predicted octanol–water partition coefficient (Wildman–Crippen LogP) is 3.58. The Morgan fingerprint density at radius 3 is 2.39 bits per heavy atom. The van der Waals surface area contributed by atoms with Crippen molar-refractivity contribution in [2.24, 2.45) is 4.99 Å². The molecule has 0 radical (unpaired) electrons. The lowest BCUT2D eigenvalue weighted by atomic mass is 10.0. The predicted molar refractivity (Wildman–Crippen MR) is 115 cm³/mol. The number of furan rings is 1. The lowest BCUT2D eigenvalue weighted by Crippen LogP contribution is -2.30. The van der Waals surface area contributed by atoms with E-state index in [0.717, 1.165) is 5.56 Å². The normalized spacial score (nSPS) is 14.6. The number of benzene rings is 2. The molecule has 1 aromatic heterocycles. The lowest BCUT2D eigenvalue weighted by Gasteiger charge is -2.14. The van der Waals surface area contributed by atoms with Gasteiger partial charge in [-0.05, 0) is 24.6 Å². The highest BCUT2D eigenvalue weighted by molar-refractivity contribution is 6.20. The Balaban J connectivity index is 1.66. The van der Waals surface area contributed by atoms with Crippen molar-refractivity contribution >= 4 is 23.3 Å². The third kappa shape index (κ3) is 4.00. The van der Waals surface area contributed by atoms with E-state index in [1.165, 1.54) is 12.3 Å². The molecule has 152 valence electrons. The van der Waals surface area contributed by atoms with Gasteiger partial charge in [0.1, 0.15) is 17.5 Å². The van der Waals surface area contributed by atoms with E-state index < -0.39 is 11.8 Å². The van der Waals surface area contributed by atoms with Crippen LogP contribution in [0.4, 0.5) is 0 Å². The van der Waals surface area contributed by atoms with Crippen LogP contribution in [0.15, 0.2) is 88.0 Å². The maximum Gasteiger partial charge on any atom is 0.292 e. The molecule has 1 atom stereocenters. The molecule has 7 heteroatoms. The average molecular weight is 410 g/mol. The van der Waals surface area contributed by atoms with Crippen LogP contribution >= 0.6 is 0 Å². The van der Waals surface area contributed by atoms with Gasteiger partial charge in [0.05, 0.1) is 18.0 Å². The molecular formula is C24H18N4O3. The molecule has 2 aromatic carbocycles. The number of carbonyl (C=O) groups is 2. The third-order valence-electron chi connectivity index (χ3n) is 4.86. The molecule has 3 aromatic rings. The molecule has 2 amide bonds. The van der Waals surface area contributed by atoms with E-state index in [1.807, 2.05) is 43.3 Å². The molecule has 0 bridgehead atoms. The molecule has 1 unspecified atom stereocenters. The molecule has 2 heterocycles. The van der Waals surface area contributed by atoms with E-state index >= 15 is 0 Å². The smallest absolute Gasteiger partial charge is 0.292 e. The van der Waals surface area contributed by atoms with E-state index in [9.17, 15) is 14.9 Å². The number of fused-ring (bicyclic) bond motifs is 1.